The fourth-order valence-electron chi connectivity index (χ4n) is 5.04. The van der Waals surface area contributed by atoms with Gasteiger partial charge in [0.2, 0.25) is 0 Å². The fraction of sp³-hybridized carbons (Fsp3) is 0.526. The second kappa shape index (κ2) is 6.17. The topological polar surface area (TPSA) is 74.5 Å². The van der Waals surface area contributed by atoms with E-state index in [-0.39, 0.29) is 12.5 Å². The lowest BCUT2D eigenvalue weighted by atomic mass is 10.0. The molecule has 2 aromatic rings. The number of aromatic nitrogens is 3. The molecule has 26 heavy (non-hydrogen) atoms. The summed E-state index contributed by atoms with van der Waals surface area (Å²) in [4.78, 5) is 17.9. The lowest BCUT2D eigenvalue weighted by molar-refractivity contribution is 0.0767. The molecule has 7 nitrogen and oxygen atoms in total. The van der Waals surface area contributed by atoms with Crippen molar-refractivity contribution in [3.05, 3.63) is 41.7 Å². The third-order valence-electron chi connectivity index (χ3n) is 6.20. The maximum Gasteiger partial charge on any atom is 0.256 e. The molecule has 1 unspecified atom stereocenters. The van der Waals surface area contributed by atoms with Crippen LogP contribution in [0, 0.1) is 5.92 Å². The number of rotatable bonds is 3. The lowest BCUT2D eigenvalue weighted by Gasteiger charge is -2.25. The number of nitrogens with zero attached hydrogens (tertiary/aromatic N) is 5. The van der Waals surface area contributed by atoms with Gasteiger partial charge in [-0.25, -0.2) is 4.68 Å². The molecule has 0 saturated carbocycles. The van der Waals surface area contributed by atoms with Gasteiger partial charge >= 0.3 is 0 Å². The highest BCUT2D eigenvalue weighted by molar-refractivity contribution is 5.98. The van der Waals surface area contributed by atoms with Crippen molar-refractivity contribution in [1.82, 2.24) is 24.8 Å². The number of aliphatic hydroxyl groups excluding tert-OH is 1. The monoisotopic (exact) mass is 353 g/mol. The smallest absolute Gasteiger partial charge is 0.256 e. The van der Waals surface area contributed by atoms with Crippen molar-refractivity contribution in [2.45, 2.75) is 38.0 Å². The van der Waals surface area contributed by atoms with Crippen molar-refractivity contribution in [2.24, 2.45) is 5.92 Å². The second-order valence-electron chi connectivity index (χ2n) is 7.64. The summed E-state index contributed by atoms with van der Waals surface area (Å²) in [6.45, 7) is 2.70. The zero-order valence-corrected chi connectivity index (χ0v) is 14.7. The van der Waals surface area contributed by atoms with E-state index in [9.17, 15) is 9.90 Å². The number of hydrogen-bond donors (Lipinski definition) is 1. The summed E-state index contributed by atoms with van der Waals surface area (Å²) in [6.07, 6.45) is 5.52. The Hall–Kier alpha value is -2.25. The molecule has 1 N–H and O–H groups in total. The molecule has 0 spiro atoms. The van der Waals surface area contributed by atoms with Crippen LogP contribution in [0.5, 0.6) is 0 Å². The quantitative estimate of drug-likeness (QED) is 0.893. The number of fused-ring (bicyclic) bond motifs is 3. The van der Waals surface area contributed by atoms with Crippen molar-refractivity contribution < 1.29 is 9.90 Å². The molecule has 0 bridgehead atoms. The first kappa shape index (κ1) is 16.0. The van der Waals surface area contributed by atoms with Gasteiger partial charge in [0.1, 0.15) is 5.69 Å². The second-order valence-corrected chi connectivity index (χ2v) is 7.64. The van der Waals surface area contributed by atoms with Gasteiger partial charge in [0.15, 0.2) is 0 Å². The Balaban J connectivity index is 1.40. The van der Waals surface area contributed by atoms with E-state index in [0.29, 0.717) is 28.9 Å². The van der Waals surface area contributed by atoms with Gasteiger partial charge in [-0.05, 0) is 43.9 Å². The van der Waals surface area contributed by atoms with Gasteiger partial charge in [-0.3, -0.25) is 9.69 Å². The van der Waals surface area contributed by atoms with Crippen LogP contribution in [0.15, 0.2) is 30.5 Å². The van der Waals surface area contributed by atoms with Crippen LogP contribution in [0.3, 0.4) is 0 Å². The molecule has 3 atom stereocenters. The summed E-state index contributed by atoms with van der Waals surface area (Å²) >= 11 is 0. The highest BCUT2D eigenvalue weighted by Crippen LogP contribution is 2.41. The molecule has 1 amide bonds. The number of likely N-dealkylation sites (tertiary alicyclic amines) is 1. The fourth-order valence-corrected chi connectivity index (χ4v) is 5.04. The summed E-state index contributed by atoms with van der Waals surface area (Å²) in [5.74, 6) is 0.676. The van der Waals surface area contributed by atoms with Crippen LogP contribution in [0.1, 0.15) is 35.3 Å². The van der Waals surface area contributed by atoms with Gasteiger partial charge in [-0.1, -0.05) is 17.3 Å². The molecule has 3 aliphatic heterocycles. The van der Waals surface area contributed by atoms with Gasteiger partial charge in [0.05, 0.1) is 24.1 Å². The molecule has 3 aliphatic rings. The zero-order valence-electron chi connectivity index (χ0n) is 14.7. The normalized spacial score (nSPS) is 27.7. The first-order chi connectivity index (χ1) is 12.7. The molecule has 0 radical (unpaired) electrons. The minimum absolute atomic E-state index is 0.0618. The standard InChI is InChI=1S/C19H23N5O2/c25-12-14-10-24(21-20-14)17-6-2-1-5-16(17)19(26)22-9-13-8-15-4-3-7-23(15)18(13)11-22/h1-2,5-6,10,13,15,18,25H,3-4,7-9,11-12H2/t13-,15?,18+/m1/s1. The van der Waals surface area contributed by atoms with Gasteiger partial charge in [0, 0.05) is 25.2 Å². The van der Waals surface area contributed by atoms with Gasteiger partial charge < -0.3 is 10.0 Å². The Bertz CT molecular complexity index is 835. The molecule has 3 fully saturated rings. The number of aliphatic hydroxyl groups is 1. The number of carbonyl (C=O) groups is 1. The lowest BCUT2D eigenvalue weighted by Crippen LogP contribution is -2.38. The highest BCUT2D eigenvalue weighted by Gasteiger charge is 2.48. The Morgan fingerprint density at radius 3 is 3.00 bits per heavy atom. The van der Waals surface area contributed by atoms with Crippen LogP contribution in [0.2, 0.25) is 0 Å². The van der Waals surface area contributed by atoms with Crippen LogP contribution >= 0.6 is 0 Å². The minimum Gasteiger partial charge on any atom is -0.390 e. The SMILES string of the molecule is O=C(c1ccccc1-n1cc(CO)nn1)N1C[C@H]2CC3CCCN3[C@H]2C1. The first-order valence-electron chi connectivity index (χ1n) is 9.41. The van der Waals surface area contributed by atoms with E-state index in [2.05, 4.69) is 15.2 Å². The van der Waals surface area contributed by atoms with E-state index in [0.717, 1.165) is 19.1 Å². The van der Waals surface area contributed by atoms with Crippen LogP contribution in [0.25, 0.3) is 5.69 Å². The molecular formula is C19H23N5O2. The summed E-state index contributed by atoms with van der Waals surface area (Å²) in [6, 6.07) is 8.78. The molecule has 5 rings (SSSR count). The average Bonchev–Trinajstić information content (AvgIpc) is 3.42. The molecule has 7 heteroatoms. The Labute approximate surface area is 152 Å². The summed E-state index contributed by atoms with van der Waals surface area (Å²) < 4.78 is 1.58. The van der Waals surface area contributed by atoms with E-state index in [1.54, 1.807) is 10.9 Å². The summed E-state index contributed by atoms with van der Waals surface area (Å²) in [5.41, 5.74) is 1.84. The number of hydrogen-bond acceptors (Lipinski definition) is 5. The molecular weight excluding hydrogens is 330 g/mol. The molecule has 1 aromatic heterocycles. The number of amides is 1. The Kier molecular flexibility index (Phi) is 3.79. The molecule has 3 saturated heterocycles. The van der Waals surface area contributed by atoms with Crippen LogP contribution in [-0.4, -0.2) is 67.5 Å². The van der Waals surface area contributed by atoms with Gasteiger partial charge in [-0.2, -0.15) is 0 Å². The Morgan fingerprint density at radius 1 is 1.27 bits per heavy atom. The van der Waals surface area contributed by atoms with Crippen molar-refractivity contribution >= 4 is 5.91 Å². The third-order valence-corrected chi connectivity index (χ3v) is 6.20. The number of carbonyl (C=O) groups excluding carboxylic acids is 1. The van der Waals surface area contributed by atoms with E-state index in [1.165, 1.54) is 25.8 Å². The van der Waals surface area contributed by atoms with Crippen molar-refractivity contribution in [3.63, 3.8) is 0 Å². The predicted octanol–water partition coefficient (Wildman–Crippen LogP) is 1.07. The van der Waals surface area contributed by atoms with E-state index in [4.69, 9.17) is 0 Å². The number of para-hydroxylation sites is 1. The van der Waals surface area contributed by atoms with Crippen molar-refractivity contribution in [2.75, 3.05) is 19.6 Å². The van der Waals surface area contributed by atoms with Crippen LogP contribution in [-0.2, 0) is 6.61 Å². The molecule has 1 aromatic carbocycles. The van der Waals surface area contributed by atoms with Gasteiger partial charge in [-0.15, -0.1) is 5.10 Å². The zero-order chi connectivity index (χ0) is 17.7. The molecule has 136 valence electrons. The number of benzene rings is 1. The maximum atomic E-state index is 13.2. The van der Waals surface area contributed by atoms with Crippen molar-refractivity contribution in [1.29, 1.82) is 0 Å². The Morgan fingerprint density at radius 2 is 2.15 bits per heavy atom. The highest BCUT2D eigenvalue weighted by atomic mass is 16.3. The third kappa shape index (κ3) is 2.46. The molecule has 0 aliphatic carbocycles. The molecule has 4 heterocycles. The van der Waals surface area contributed by atoms with Crippen LogP contribution < -0.4 is 0 Å². The first-order valence-corrected chi connectivity index (χ1v) is 9.41. The largest absolute Gasteiger partial charge is 0.390 e. The van der Waals surface area contributed by atoms with E-state index >= 15 is 0 Å². The van der Waals surface area contributed by atoms with E-state index in [1.807, 2.05) is 29.2 Å². The summed E-state index contributed by atoms with van der Waals surface area (Å²) in [5, 5.41) is 17.2. The van der Waals surface area contributed by atoms with Crippen molar-refractivity contribution in [3.8, 4) is 5.69 Å². The minimum atomic E-state index is -0.164. The van der Waals surface area contributed by atoms with E-state index < -0.39 is 0 Å². The maximum absolute atomic E-state index is 13.2. The van der Waals surface area contributed by atoms with Crippen LogP contribution in [0.4, 0.5) is 0 Å². The summed E-state index contributed by atoms with van der Waals surface area (Å²) in [7, 11) is 0. The predicted molar refractivity (Wildman–Crippen MR) is 94.8 cm³/mol. The average molecular weight is 353 g/mol. The van der Waals surface area contributed by atoms with Gasteiger partial charge in [0.25, 0.3) is 5.91 Å².